The van der Waals surface area contributed by atoms with Crippen molar-refractivity contribution in [1.29, 1.82) is 0 Å². The summed E-state index contributed by atoms with van der Waals surface area (Å²) in [7, 11) is 0. The van der Waals surface area contributed by atoms with Gasteiger partial charge in [-0.05, 0) is 24.1 Å². The molecule has 1 fully saturated rings. The molecule has 0 spiro atoms. The molecule has 3 rings (SSSR count). The van der Waals surface area contributed by atoms with E-state index in [2.05, 4.69) is 16.0 Å². The molecule has 0 aliphatic carbocycles. The molecule has 0 bridgehead atoms. The lowest BCUT2D eigenvalue weighted by atomic mass is 10.0. The van der Waals surface area contributed by atoms with Gasteiger partial charge in [0.25, 0.3) is 0 Å². The molecule has 0 saturated carbocycles. The molecular formula is C15H19ClFN3O2S. The van der Waals surface area contributed by atoms with Gasteiger partial charge in [-0.25, -0.2) is 4.39 Å². The van der Waals surface area contributed by atoms with Crippen molar-refractivity contribution in [1.82, 2.24) is 5.32 Å². The van der Waals surface area contributed by atoms with Gasteiger partial charge in [0, 0.05) is 42.6 Å². The summed E-state index contributed by atoms with van der Waals surface area (Å²) in [6.45, 7) is 0.891. The molecule has 1 unspecified atom stereocenters. The fraction of sp³-hybridized carbons (Fsp3) is 0.467. The molecule has 1 aromatic carbocycles. The van der Waals surface area contributed by atoms with Crippen LogP contribution in [-0.4, -0.2) is 35.9 Å². The van der Waals surface area contributed by atoms with Gasteiger partial charge in [0.2, 0.25) is 11.8 Å². The van der Waals surface area contributed by atoms with Crippen LogP contribution in [0.25, 0.3) is 0 Å². The summed E-state index contributed by atoms with van der Waals surface area (Å²) in [4.78, 5) is 23.5. The molecule has 23 heavy (non-hydrogen) atoms. The third-order valence-corrected chi connectivity index (χ3v) is 4.92. The molecule has 1 atom stereocenters. The van der Waals surface area contributed by atoms with E-state index in [1.807, 2.05) is 11.8 Å². The largest absolute Gasteiger partial charge is 0.326 e. The Hall–Kier alpha value is -1.31. The summed E-state index contributed by atoms with van der Waals surface area (Å²) < 4.78 is 14.1. The fourth-order valence-electron chi connectivity index (χ4n) is 2.67. The number of thioether (sulfide) groups is 1. The number of aryl methyl sites for hydroxylation is 1. The number of amides is 2. The van der Waals surface area contributed by atoms with Gasteiger partial charge in [-0.1, -0.05) is 0 Å². The summed E-state index contributed by atoms with van der Waals surface area (Å²) in [6.07, 6.45) is 1.20. The summed E-state index contributed by atoms with van der Waals surface area (Å²) >= 11 is 1.81. The fourth-order valence-corrected chi connectivity index (χ4v) is 3.62. The van der Waals surface area contributed by atoms with Crippen LogP contribution >= 0.6 is 24.2 Å². The molecule has 0 radical (unpaired) electrons. The molecule has 126 valence electrons. The number of nitrogens with one attached hydrogen (secondary N) is 3. The van der Waals surface area contributed by atoms with Crippen molar-refractivity contribution in [2.24, 2.45) is 0 Å². The minimum atomic E-state index is -0.464. The van der Waals surface area contributed by atoms with Gasteiger partial charge in [0.1, 0.15) is 5.82 Å². The molecule has 1 saturated heterocycles. The smallest absolute Gasteiger partial charge is 0.226 e. The first-order valence-electron chi connectivity index (χ1n) is 7.35. The first kappa shape index (κ1) is 18.0. The zero-order valence-electron chi connectivity index (χ0n) is 12.5. The first-order valence-corrected chi connectivity index (χ1v) is 8.50. The van der Waals surface area contributed by atoms with Crippen LogP contribution < -0.4 is 16.0 Å². The number of carbonyl (C=O) groups excluding carboxylic acids is 2. The van der Waals surface area contributed by atoms with Crippen molar-refractivity contribution in [2.45, 2.75) is 25.3 Å². The first-order chi connectivity index (χ1) is 10.6. The Morgan fingerprint density at radius 1 is 1.39 bits per heavy atom. The quantitative estimate of drug-likeness (QED) is 0.773. The number of benzene rings is 1. The number of hydrogen-bond donors (Lipinski definition) is 3. The lowest BCUT2D eigenvalue weighted by Crippen LogP contribution is -2.40. The highest BCUT2D eigenvalue weighted by Gasteiger charge is 2.20. The number of hydrogen-bond acceptors (Lipinski definition) is 4. The summed E-state index contributed by atoms with van der Waals surface area (Å²) in [6, 6.07) is 3.01. The minimum Gasteiger partial charge on any atom is -0.326 e. The van der Waals surface area contributed by atoms with Gasteiger partial charge in [-0.15, -0.1) is 12.4 Å². The maximum Gasteiger partial charge on any atom is 0.226 e. The molecule has 1 aromatic rings. The Labute approximate surface area is 144 Å². The van der Waals surface area contributed by atoms with Gasteiger partial charge in [-0.3, -0.25) is 9.59 Å². The Bertz CT molecular complexity index is 609. The van der Waals surface area contributed by atoms with Gasteiger partial charge in [0.05, 0.1) is 5.69 Å². The van der Waals surface area contributed by atoms with Crippen molar-refractivity contribution >= 4 is 47.4 Å². The maximum absolute atomic E-state index is 14.1. The van der Waals surface area contributed by atoms with E-state index in [0.717, 1.165) is 23.6 Å². The Kier molecular flexibility index (Phi) is 6.26. The second-order valence-corrected chi connectivity index (χ2v) is 6.67. The molecule has 2 aliphatic heterocycles. The molecule has 2 heterocycles. The van der Waals surface area contributed by atoms with Crippen LogP contribution in [0.5, 0.6) is 0 Å². The number of carbonyl (C=O) groups is 2. The second kappa shape index (κ2) is 7.99. The van der Waals surface area contributed by atoms with Crippen LogP contribution in [0.15, 0.2) is 12.1 Å². The standard InChI is InChI=1S/C15H18FN3O2S.ClH/c16-11-5-9-1-2-14(20)18-12(9)7-13(11)19-15(21)6-10-8-22-4-3-17-10;/h5,7,10,17H,1-4,6,8H2,(H,18,20)(H,19,21);1H. The van der Waals surface area contributed by atoms with Crippen molar-refractivity contribution < 1.29 is 14.0 Å². The number of fused-ring (bicyclic) bond motifs is 1. The highest BCUT2D eigenvalue weighted by molar-refractivity contribution is 7.99. The predicted molar refractivity (Wildman–Crippen MR) is 93.0 cm³/mol. The van der Waals surface area contributed by atoms with Gasteiger partial charge in [0.15, 0.2) is 0 Å². The summed E-state index contributed by atoms with van der Waals surface area (Å²) in [5, 5.41) is 8.59. The normalized spacial score (nSPS) is 20.0. The molecule has 3 N–H and O–H groups in total. The van der Waals surface area contributed by atoms with Crippen LogP contribution in [0.4, 0.5) is 15.8 Å². The monoisotopic (exact) mass is 359 g/mol. The van der Waals surface area contributed by atoms with E-state index in [9.17, 15) is 14.0 Å². The average Bonchev–Trinajstić information content (AvgIpc) is 2.49. The molecular weight excluding hydrogens is 341 g/mol. The SMILES string of the molecule is Cl.O=C(CC1CSCCN1)Nc1cc2c(cc1F)CCC(=O)N2. The summed E-state index contributed by atoms with van der Waals surface area (Å²) in [5.74, 6) is 1.17. The van der Waals surface area contributed by atoms with Crippen molar-refractivity contribution in [3.8, 4) is 0 Å². The van der Waals surface area contributed by atoms with Crippen LogP contribution in [0, 0.1) is 5.82 Å². The molecule has 5 nitrogen and oxygen atoms in total. The van der Waals surface area contributed by atoms with Gasteiger partial charge >= 0.3 is 0 Å². The van der Waals surface area contributed by atoms with E-state index in [0.29, 0.717) is 24.9 Å². The highest BCUT2D eigenvalue weighted by atomic mass is 35.5. The minimum absolute atomic E-state index is 0. The molecule has 0 aromatic heterocycles. The van der Waals surface area contributed by atoms with Crippen LogP contribution in [0.1, 0.15) is 18.4 Å². The van der Waals surface area contributed by atoms with Crippen LogP contribution in [0.2, 0.25) is 0 Å². The van der Waals surface area contributed by atoms with Crippen molar-refractivity contribution in [3.05, 3.63) is 23.5 Å². The summed E-state index contributed by atoms with van der Waals surface area (Å²) in [5.41, 5.74) is 1.47. The lowest BCUT2D eigenvalue weighted by Gasteiger charge is -2.23. The Balaban J connectivity index is 0.00000192. The molecule has 8 heteroatoms. The van der Waals surface area contributed by atoms with Crippen molar-refractivity contribution in [2.75, 3.05) is 28.7 Å². The van der Waals surface area contributed by atoms with Crippen LogP contribution in [-0.2, 0) is 16.0 Å². The predicted octanol–water partition coefficient (Wildman–Crippen LogP) is 2.17. The third kappa shape index (κ3) is 4.59. The Morgan fingerprint density at radius 2 is 2.22 bits per heavy atom. The van der Waals surface area contributed by atoms with E-state index in [1.165, 1.54) is 12.1 Å². The zero-order valence-corrected chi connectivity index (χ0v) is 14.1. The lowest BCUT2D eigenvalue weighted by molar-refractivity contribution is -0.117. The van der Waals surface area contributed by atoms with Gasteiger partial charge in [-0.2, -0.15) is 11.8 Å². The maximum atomic E-state index is 14.1. The van der Waals surface area contributed by atoms with E-state index in [4.69, 9.17) is 0 Å². The van der Waals surface area contributed by atoms with Crippen LogP contribution in [0.3, 0.4) is 0 Å². The van der Waals surface area contributed by atoms with E-state index >= 15 is 0 Å². The average molecular weight is 360 g/mol. The van der Waals surface area contributed by atoms with E-state index < -0.39 is 5.82 Å². The molecule has 2 amide bonds. The Morgan fingerprint density at radius 3 is 2.96 bits per heavy atom. The number of halogens is 2. The van der Waals surface area contributed by atoms with E-state index in [-0.39, 0.29) is 36.0 Å². The number of anilines is 2. The van der Waals surface area contributed by atoms with E-state index in [1.54, 1.807) is 0 Å². The molecule has 2 aliphatic rings. The third-order valence-electron chi connectivity index (χ3n) is 3.79. The zero-order chi connectivity index (χ0) is 15.5. The number of rotatable bonds is 3. The topological polar surface area (TPSA) is 70.2 Å². The van der Waals surface area contributed by atoms with Crippen molar-refractivity contribution in [3.63, 3.8) is 0 Å². The highest BCUT2D eigenvalue weighted by Crippen LogP contribution is 2.28. The van der Waals surface area contributed by atoms with Gasteiger partial charge < -0.3 is 16.0 Å². The second-order valence-electron chi connectivity index (χ2n) is 5.52.